The Morgan fingerprint density at radius 2 is 0.952 bits per heavy atom. The Balaban J connectivity index is 1.17. The molecule has 0 aromatic heterocycles. The molecule has 10 aromatic rings. The van der Waals surface area contributed by atoms with Crippen molar-refractivity contribution in [1.29, 1.82) is 0 Å². The molecule has 0 radical (unpaired) electrons. The first-order valence-corrected chi connectivity index (χ1v) is 21.6. The van der Waals surface area contributed by atoms with Crippen LogP contribution in [0.1, 0.15) is 22.3 Å². The van der Waals surface area contributed by atoms with Gasteiger partial charge in [-0.05, 0) is 139 Å². The summed E-state index contributed by atoms with van der Waals surface area (Å²) in [5, 5.41) is 7.48. The van der Waals surface area contributed by atoms with E-state index < -0.39 is 0 Å². The van der Waals surface area contributed by atoms with Crippen LogP contribution in [0.3, 0.4) is 0 Å². The lowest BCUT2D eigenvalue weighted by atomic mass is 9.73. The van der Waals surface area contributed by atoms with Crippen molar-refractivity contribution in [2.45, 2.75) is 12.5 Å². The quantitative estimate of drug-likeness (QED) is 0.151. The van der Waals surface area contributed by atoms with Gasteiger partial charge in [0, 0.05) is 28.1 Å². The summed E-state index contributed by atoms with van der Waals surface area (Å²) in [6.45, 7) is 0. The fourth-order valence-corrected chi connectivity index (χ4v) is 10.1. The fourth-order valence-electron chi connectivity index (χ4n) is 10.1. The van der Waals surface area contributed by atoms with Crippen molar-refractivity contribution in [1.82, 2.24) is 0 Å². The Labute approximate surface area is 362 Å². The topological polar surface area (TPSA) is 6.48 Å². The van der Waals surface area contributed by atoms with Crippen LogP contribution in [-0.4, -0.2) is 6.04 Å². The lowest BCUT2D eigenvalue weighted by Crippen LogP contribution is -2.34. The van der Waals surface area contributed by atoms with E-state index >= 15 is 0 Å². The van der Waals surface area contributed by atoms with Gasteiger partial charge in [0.2, 0.25) is 0 Å². The van der Waals surface area contributed by atoms with E-state index in [2.05, 4.69) is 246 Å². The van der Waals surface area contributed by atoms with Crippen LogP contribution in [-0.2, 0) is 6.42 Å². The van der Waals surface area contributed by atoms with Crippen LogP contribution in [0.5, 0.6) is 0 Å². The van der Waals surface area contributed by atoms with Crippen molar-refractivity contribution >= 4 is 71.9 Å². The summed E-state index contributed by atoms with van der Waals surface area (Å²) in [4.78, 5) is 5.03. The minimum absolute atomic E-state index is 0.0884. The van der Waals surface area contributed by atoms with Gasteiger partial charge in [0.15, 0.2) is 0 Å². The maximum absolute atomic E-state index is 2.56. The third kappa shape index (κ3) is 6.03. The molecule has 2 aliphatic rings. The lowest BCUT2D eigenvalue weighted by molar-refractivity contribution is 0.947. The van der Waals surface area contributed by atoms with Crippen molar-refractivity contribution in [3.63, 3.8) is 0 Å². The molecule has 2 nitrogen and oxygen atoms in total. The van der Waals surface area contributed by atoms with E-state index in [1.165, 1.54) is 76.8 Å². The number of nitrogens with zero attached hydrogens (tertiary/aromatic N) is 2. The van der Waals surface area contributed by atoms with Crippen LogP contribution < -0.4 is 9.80 Å². The van der Waals surface area contributed by atoms with Crippen LogP contribution in [0, 0.1) is 0 Å². The molecule has 12 rings (SSSR count). The third-order valence-corrected chi connectivity index (χ3v) is 12.9. The van der Waals surface area contributed by atoms with E-state index in [0.29, 0.717) is 0 Å². The lowest BCUT2D eigenvalue weighted by Gasteiger charge is -2.40. The second-order valence-electron chi connectivity index (χ2n) is 16.4. The highest BCUT2D eigenvalue weighted by molar-refractivity contribution is 6.15. The van der Waals surface area contributed by atoms with Gasteiger partial charge in [-0.15, -0.1) is 0 Å². The van der Waals surface area contributed by atoms with E-state index in [4.69, 9.17) is 0 Å². The average molecular weight is 791 g/mol. The molecule has 0 heterocycles. The van der Waals surface area contributed by atoms with Crippen LogP contribution in [0.4, 0.5) is 28.4 Å². The molecule has 1 atom stereocenters. The summed E-state index contributed by atoms with van der Waals surface area (Å²) in [6, 6.07) is 82.1. The fraction of sp³-hybridized carbons (Fsp3) is 0.0333. The summed E-state index contributed by atoms with van der Waals surface area (Å²) in [5.74, 6) is 0. The Bertz CT molecular complexity index is 3370. The van der Waals surface area contributed by atoms with E-state index in [1.807, 2.05) is 0 Å². The molecule has 1 unspecified atom stereocenters. The minimum Gasteiger partial charge on any atom is -0.330 e. The number of fused-ring (bicyclic) bond motifs is 2. The van der Waals surface area contributed by atoms with Crippen molar-refractivity contribution in [2.75, 3.05) is 9.80 Å². The van der Waals surface area contributed by atoms with E-state index in [9.17, 15) is 0 Å². The van der Waals surface area contributed by atoms with Crippen molar-refractivity contribution in [2.24, 2.45) is 0 Å². The number of hydrogen-bond acceptors (Lipinski definition) is 2. The highest BCUT2D eigenvalue weighted by Crippen LogP contribution is 2.53. The summed E-state index contributed by atoms with van der Waals surface area (Å²) in [5.41, 5.74) is 16.0. The number of allylic oxidation sites excluding steroid dienone is 1. The van der Waals surface area contributed by atoms with Gasteiger partial charge in [0.25, 0.3) is 0 Å². The molecule has 10 aromatic carbocycles. The molecule has 0 aliphatic heterocycles. The summed E-state index contributed by atoms with van der Waals surface area (Å²) < 4.78 is 0. The monoisotopic (exact) mass is 790 g/mol. The van der Waals surface area contributed by atoms with Crippen molar-refractivity contribution < 1.29 is 0 Å². The molecule has 2 heteroatoms. The molecule has 0 saturated carbocycles. The molecule has 0 bridgehead atoms. The van der Waals surface area contributed by atoms with Gasteiger partial charge in [-0.1, -0.05) is 176 Å². The molecule has 62 heavy (non-hydrogen) atoms. The summed E-state index contributed by atoms with van der Waals surface area (Å²) in [7, 11) is 0. The van der Waals surface area contributed by atoms with Gasteiger partial charge < -0.3 is 9.80 Å². The van der Waals surface area contributed by atoms with Gasteiger partial charge in [-0.3, -0.25) is 0 Å². The van der Waals surface area contributed by atoms with Crippen LogP contribution in [0.15, 0.2) is 237 Å². The van der Waals surface area contributed by atoms with E-state index in [-0.39, 0.29) is 6.04 Å². The Morgan fingerprint density at radius 1 is 0.403 bits per heavy atom. The van der Waals surface area contributed by atoms with Gasteiger partial charge >= 0.3 is 0 Å². The van der Waals surface area contributed by atoms with Gasteiger partial charge in [-0.25, -0.2) is 0 Å². The summed E-state index contributed by atoms with van der Waals surface area (Å²) in [6.07, 6.45) is 5.88. The minimum atomic E-state index is -0.0884. The molecule has 0 fully saturated rings. The van der Waals surface area contributed by atoms with Crippen LogP contribution in [0.25, 0.3) is 54.6 Å². The first kappa shape index (κ1) is 36.0. The molecule has 0 spiro atoms. The molecule has 0 N–H and O–H groups in total. The van der Waals surface area contributed by atoms with E-state index in [0.717, 1.165) is 34.9 Å². The predicted molar refractivity (Wildman–Crippen MR) is 263 cm³/mol. The molecule has 0 saturated heterocycles. The third-order valence-electron chi connectivity index (χ3n) is 12.9. The van der Waals surface area contributed by atoms with Gasteiger partial charge in [0.1, 0.15) is 0 Å². The highest BCUT2D eigenvalue weighted by Gasteiger charge is 2.36. The SMILES string of the molecule is C1=C(c2ccccc2)c2ccc3c(N(c4ccccc4)c4ccc5ccccc5c4)cc(-c4ccccc4)c4c3c2C(=CC4)C1N(c1ccccc1)c1ccc2ccccc2c1. The van der Waals surface area contributed by atoms with Gasteiger partial charge in [-0.2, -0.15) is 0 Å². The Kier molecular flexibility index (Phi) is 8.67. The number of para-hydroxylation sites is 2. The molecule has 292 valence electrons. The van der Waals surface area contributed by atoms with Crippen molar-refractivity contribution in [3.05, 3.63) is 259 Å². The normalized spacial score (nSPS) is 14.1. The average Bonchev–Trinajstić information content (AvgIpc) is 3.35. The maximum Gasteiger partial charge on any atom is 0.0788 e. The molecular weight excluding hydrogens is 749 g/mol. The number of anilines is 5. The number of rotatable bonds is 8. The number of hydrogen-bond donors (Lipinski definition) is 0. The van der Waals surface area contributed by atoms with Crippen LogP contribution in [0.2, 0.25) is 0 Å². The maximum atomic E-state index is 2.56. The second-order valence-corrected chi connectivity index (χ2v) is 16.4. The van der Waals surface area contributed by atoms with Crippen molar-refractivity contribution in [3.8, 4) is 11.1 Å². The first-order valence-electron chi connectivity index (χ1n) is 21.6. The zero-order valence-electron chi connectivity index (χ0n) is 34.2. The number of benzene rings is 10. The highest BCUT2D eigenvalue weighted by atomic mass is 15.2. The first-order chi connectivity index (χ1) is 30.8. The standard InChI is InChI=1S/C60H42N2/c1-5-19-43(20-6-1)55-39-57(61(47-25-9-3-10-26-47)49-31-29-41-17-13-15-23-45(41)37-49)53-36-34-52-56(44-21-7-2-8-22-44)40-58(54-35-33-51(55)59(53)60(52)54)62(48-27-11-4-12-28-48)50-32-30-42-18-14-16-24-46(42)38-50/h1-33,35-40,57H,34H2. The Morgan fingerprint density at radius 3 is 1.61 bits per heavy atom. The molecular formula is C60H42N2. The molecule has 0 amide bonds. The second kappa shape index (κ2) is 15.0. The smallest absolute Gasteiger partial charge is 0.0788 e. The van der Waals surface area contributed by atoms with Crippen LogP contribution >= 0.6 is 0 Å². The summed E-state index contributed by atoms with van der Waals surface area (Å²) >= 11 is 0. The van der Waals surface area contributed by atoms with E-state index in [1.54, 1.807) is 0 Å². The zero-order valence-corrected chi connectivity index (χ0v) is 34.2. The Hall–Kier alpha value is -7.94. The zero-order chi connectivity index (χ0) is 41.0. The predicted octanol–water partition coefficient (Wildman–Crippen LogP) is 15.9. The largest absolute Gasteiger partial charge is 0.330 e. The van der Waals surface area contributed by atoms with Gasteiger partial charge in [0.05, 0.1) is 11.7 Å². The molecule has 2 aliphatic carbocycles.